The van der Waals surface area contributed by atoms with Gasteiger partial charge in [-0.1, -0.05) is 65.8 Å². The van der Waals surface area contributed by atoms with E-state index >= 15 is 0 Å². The highest BCUT2D eigenvalue weighted by Gasteiger charge is 2.29. The zero-order chi connectivity index (χ0) is 27.4. The molecule has 9 heteroatoms. The molecule has 0 radical (unpaired) electrons. The number of nitro groups is 1. The molecule has 0 spiro atoms. The summed E-state index contributed by atoms with van der Waals surface area (Å²) >= 11 is 7.29. The molecule has 6 nitrogen and oxygen atoms in total. The average Bonchev–Trinajstić information content (AvgIpc) is 2.96. The Bertz CT molecular complexity index is 1460. The second-order valence-corrected chi connectivity index (χ2v) is 10.7. The van der Waals surface area contributed by atoms with Crippen LogP contribution in [0.5, 0.6) is 0 Å². The lowest BCUT2D eigenvalue weighted by atomic mass is 9.96. The van der Waals surface area contributed by atoms with E-state index in [1.165, 1.54) is 18.2 Å². The van der Waals surface area contributed by atoms with Gasteiger partial charge >= 0.3 is 0 Å². The summed E-state index contributed by atoms with van der Waals surface area (Å²) < 4.78 is 13.2. The van der Waals surface area contributed by atoms with Gasteiger partial charge in [0, 0.05) is 47.7 Å². The number of carbonyl (C=O) groups is 1. The Hall–Kier alpha value is -3.72. The van der Waals surface area contributed by atoms with Crippen molar-refractivity contribution in [2.75, 3.05) is 26.2 Å². The van der Waals surface area contributed by atoms with Crippen molar-refractivity contribution in [3.63, 3.8) is 0 Å². The Labute approximate surface area is 235 Å². The fourth-order valence-electron chi connectivity index (χ4n) is 4.77. The van der Waals surface area contributed by atoms with Crippen molar-refractivity contribution in [2.45, 2.75) is 15.8 Å². The third-order valence-corrected chi connectivity index (χ3v) is 8.04. The number of nitro benzene ring substituents is 1. The highest BCUT2D eigenvalue weighted by molar-refractivity contribution is 7.99. The summed E-state index contributed by atoms with van der Waals surface area (Å²) in [6.45, 7) is 2.29. The van der Waals surface area contributed by atoms with E-state index < -0.39 is 4.92 Å². The molecule has 1 aliphatic heterocycles. The first-order valence-corrected chi connectivity index (χ1v) is 13.6. The standard InChI is InChI=1S/C30H25ClFN3O3S/c31-24-9-6-22(7-10-24)29(21-4-2-1-3-5-21)33-16-18-34(19-17-33)30(36)23-8-15-28(27(20-23)35(37)38)39-26-13-11-25(32)12-14-26/h1-15,20,29H,16-19H2. The van der Waals surface area contributed by atoms with Crippen LogP contribution in [0.2, 0.25) is 5.02 Å². The van der Waals surface area contributed by atoms with E-state index in [4.69, 9.17) is 11.6 Å². The predicted octanol–water partition coefficient (Wildman–Crippen LogP) is 7.09. The van der Waals surface area contributed by atoms with Crippen LogP contribution in [0.1, 0.15) is 27.5 Å². The fraction of sp³-hybridized carbons (Fsp3) is 0.167. The first-order chi connectivity index (χ1) is 18.9. The van der Waals surface area contributed by atoms with Gasteiger partial charge in [0.2, 0.25) is 0 Å². The van der Waals surface area contributed by atoms with E-state index in [1.54, 1.807) is 29.2 Å². The Morgan fingerprint density at radius 1 is 0.872 bits per heavy atom. The molecule has 4 aromatic carbocycles. The molecule has 0 saturated carbocycles. The van der Waals surface area contributed by atoms with Crippen LogP contribution in [-0.2, 0) is 0 Å². The Kier molecular flexibility index (Phi) is 8.26. The van der Waals surface area contributed by atoms with Crippen LogP contribution in [0.15, 0.2) is 107 Å². The molecule has 1 amide bonds. The van der Waals surface area contributed by atoms with Crippen molar-refractivity contribution in [1.29, 1.82) is 0 Å². The molecule has 5 rings (SSSR count). The van der Waals surface area contributed by atoms with E-state index in [-0.39, 0.29) is 29.0 Å². The number of hydrogen-bond acceptors (Lipinski definition) is 5. The second-order valence-electron chi connectivity index (χ2n) is 9.19. The summed E-state index contributed by atoms with van der Waals surface area (Å²) in [4.78, 5) is 29.8. The lowest BCUT2D eigenvalue weighted by Gasteiger charge is -2.39. The van der Waals surface area contributed by atoms with Crippen molar-refractivity contribution in [3.8, 4) is 0 Å². The van der Waals surface area contributed by atoms with E-state index in [9.17, 15) is 19.3 Å². The molecular weight excluding hydrogens is 537 g/mol. The lowest BCUT2D eigenvalue weighted by Crippen LogP contribution is -2.49. The molecule has 39 heavy (non-hydrogen) atoms. The van der Waals surface area contributed by atoms with Gasteiger partial charge in [0.15, 0.2) is 0 Å². The molecule has 1 heterocycles. The first kappa shape index (κ1) is 26.9. The van der Waals surface area contributed by atoms with E-state index in [2.05, 4.69) is 17.0 Å². The van der Waals surface area contributed by atoms with Gasteiger partial charge in [0.1, 0.15) is 5.82 Å². The highest BCUT2D eigenvalue weighted by atomic mass is 35.5. The topological polar surface area (TPSA) is 66.7 Å². The largest absolute Gasteiger partial charge is 0.336 e. The lowest BCUT2D eigenvalue weighted by molar-refractivity contribution is -0.387. The predicted molar refractivity (Wildman–Crippen MR) is 151 cm³/mol. The molecule has 4 aromatic rings. The summed E-state index contributed by atoms with van der Waals surface area (Å²) in [7, 11) is 0. The third kappa shape index (κ3) is 6.30. The molecule has 0 bridgehead atoms. The Balaban J connectivity index is 1.31. The SMILES string of the molecule is O=C(c1ccc(Sc2ccc(F)cc2)c([N+](=O)[O-])c1)N1CCN(C(c2ccccc2)c2ccc(Cl)cc2)CC1. The molecular formula is C30H25ClFN3O3S. The highest BCUT2D eigenvalue weighted by Crippen LogP contribution is 2.36. The molecule has 1 fully saturated rings. The molecule has 1 unspecified atom stereocenters. The minimum absolute atomic E-state index is 0.0181. The Morgan fingerprint density at radius 2 is 1.51 bits per heavy atom. The van der Waals surface area contributed by atoms with Crippen LogP contribution in [0.4, 0.5) is 10.1 Å². The third-order valence-electron chi connectivity index (χ3n) is 6.71. The number of piperazine rings is 1. The number of rotatable bonds is 7. The number of halogens is 2. The zero-order valence-corrected chi connectivity index (χ0v) is 22.4. The van der Waals surface area contributed by atoms with Gasteiger partial charge in [-0.2, -0.15) is 0 Å². The monoisotopic (exact) mass is 561 g/mol. The maximum atomic E-state index is 13.4. The normalized spacial score (nSPS) is 14.7. The van der Waals surface area contributed by atoms with Gasteiger partial charge in [0.05, 0.1) is 15.9 Å². The second kappa shape index (κ2) is 12.0. The molecule has 1 saturated heterocycles. The smallest absolute Gasteiger partial charge is 0.284 e. The number of amides is 1. The van der Waals surface area contributed by atoms with E-state index in [0.717, 1.165) is 22.9 Å². The summed E-state index contributed by atoms with van der Waals surface area (Å²) in [5, 5.41) is 12.5. The van der Waals surface area contributed by atoms with Gasteiger partial charge in [-0.3, -0.25) is 19.8 Å². The zero-order valence-electron chi connectivity index (χ0n) is 20.9. The summed E-state index contributed by atoms with van der Waals surface area (Å²) in [6.07, 6.45) is 0. The van der Waals surface area contributed by atoms with Crippen LogP contribution in [0, 0.1) is 15.9 Å². The van der Waals surface area contributed by atoms with Gasteiger partial charge in [0.25, 0.3) is 11.6 Å². The number of carbonyl (C=O) groups excluding carboxylic acids is 1. The average molecular weight is 562 g/mol. The van der Waals surface area contributed by atoms with Gasteiger partial charge in [-0.25, -0.2) is 4.39 Å². The van der Waals surface area contributed by atoms with Crippen LogP contribution in [0.25, 0.3) is 0 Å². The molecule has 1 aliphatic rings. The van der Waals surface area contributed by atoms with Gasteiger partial charge in [-0.05, 0) is 59.7 Å². The van der Waals surface area contributed by atoms with Crippen LogP contribution >= 0.6 is 23.4 Å². The molecule has 0 aromatic heterocycles. The minimum atomic E-state index is -0.489. The number of hydrogen-bond donors (Lipinski definition) is 0. The maximum absolute atomic E-state index is 13.4. The summed E-state index contributed by atoms with van der Waals surface area (Å²) in [5.74, 6) is -0.614. The quantitative estimate of drug-likeness (QED) is 0.178. The number of nitrogens with zero attached hydrogens (tertiary/aromatic N) is 3. The number of benzene rings is 4. The molecule has 0 N–H and O–H groups in total. The molecule has 1 atom stereocenters. The Morgan fingerprint density at radius 3 is 2.15 bits per heavy atom. The first-order valence-electron chi connectivity index (χ1n) is 12.4. The van der Waals surface area contributed by atoms with Crippen LogP contribution < -0.4 is 0 Å². The summed E-state index contributed by atoms with van der Waals surface area (Å²) in [5.41, 5.74) is 2.40. The van der Waals surface area contributed by atoms with Gasteiger partial charge < -0.3 is 4.90 Å². The van der Waals surface area contributed by atoms with Crippen molar-refractivity contribution < 1.29 is 14.1 Å². The van der Waals surface area contributed by atoms with Gasteiger partial charge in [-0.15, -0.1) is 0 Å². The maximum Gasteiger partial charge on any atom is 0.284 e. The fourth-order valence-corrected chi connectivity index (χ4v) is 5.80. The van der Waals surface area contributed by atoms with E-state index in [1.807, 2.05) is 42.5 Å². The minimum Gasteiger partial charge on any atom is -0.336 e. The molecule has 0 aliphatic carbocycles. The molecule has 198 valence electrons. The van der Waals surface area contributed by atoms with Crippen LogP contribution in [0.3, 0.4) is 0 Å². The van der Waals surface area contributed by atoms with Crippen LogP contribution in [-0.4, -0.2) is 46.8 Å². The van der Waals surface area contributed by atoms with Crippen molar-refractivity contribution in [1.82, 2.24) is 9.80 Å². The van der Waals surface area contributed by atoms with Crippen molar-refractivity contribution in [3.05, 3.63) is 135 Å². The van der Waals surface area contributed by atoms with E-state index in [0.29, 0.717) is 41.0 Å². The van der Waals surface area contributed by atoms with Crippen molar-refractivity contribution >= 4 is 35.0 Å². The summed E-state index contributed by atoms with van der Waals surface area (Å²) in [6, 6.07) is 28.4. The van der Waals surface area contributed by atoms with Crippen molar-refractivity contribution in [2.24, 2.45) is 0 Å².